The zero-order chi connectivity index (χ0) is 17.5. The Kier molecular flexibility index (Phi) is 5.40. The van der Waals surface area contributed by atoms with Gasteiger partial charge in [0, 0.05) is 29.6 Å². The van der Waals surface area contributed by atoms with Crippen LogP contribution < -0.4 is 10.1 Å². The number of methoxy groups -OCH3 is 2. The molecule has 0 spiro atoms. The summed E-state index contributed by atoms with van der Waals surface area (Å²) >= 11 is 0. The van der Waals surface area contributed by atoms with Gasteiger partial charge in [0.1, 0.15) is 11.4 Å². The average molecular weight is 330 g/mol. The van der Waals surface area contributed by atoms with Gasteiger partial charge < -0.3 is 14.8 Å². The summed E-state index contributed by atoms with van der Waals surface area (Å²) in [6.07, 6.45) is -0.823. The zero-order valence-corrected chi connectivity index (χ0v) is 12.9. The van der Waals surface area contributed by atoms with Gasteiger partial charge in [-0.3, -0.25) is 10.1 Å². The first-order valence-electron chi connectivity index (χ1n) is 6.72. The lowest BCUT2D eigenvalue weighted by atomic mass is 10.2. The molecule has 124 valence electrons. The molecule has 1 N–H and O–H groups in total. The topological polar surface area (TPSA) is 115 Å². The molecule has 2 rings (SSSR count). The van der Waals surface area contributed by atoms with Crippen molar-refractivity contribution in [3.05, 3.63) is 52.6 Å². The number of carbonyl (C=O) groups is 1. The Hall–Kier alpha value is -3.49. The van der Waals surface area contributed by atoms with Crippen LogP contribution in [0.25, 0.3) is 0 Å². The van der Waals surface area contributed by atoms with E-state index >= 15 is 0 Å². The van der Waals surface area contributed by atoms with E-state index < -0.39 is 11.0 Å². The molecule has 0 aliphatic carbocycles. The van der Waals surface area contributed by atoms with Crippen LogP contribution in [0.15, 0.2) is 52.7 Å². The maximum Gasteiger partial charge on any atom is 0.452 e. The minimum atomic E-state index is -0.823. The van der Waals surface area contributed by atoms with Gasteiger partial charge in [-0.15, -0.1) is 5.11 Å². The molecule has 0 aliphatic heterocycles. The van der Waals surface area contributed by atoms with E-state index in [1.165, 1.54) is 26.4 Å². The minimum absolute atomic E-state index is 0.0181. The monoisotopic (exact) mass is 330 g/mol. The summed E-state index contributed by atoms with van der Waals surface area (Å²) in [6.45, 7) is 0. The maximum atomic E-state index is 11.0. The van der Waals surface area contributed by atoms with Crippen LogP contribution in [0.5, 0.6) is 5.75 Å². The van der Waals surface area contributed by atoms with E-state index in [1.807, 2.05) is 0 Å². The molecule has 0 aliphatic rings. The molecular weight excluding hydrogens is 316 g/mol. The molecule has 0 fully saturated rings. The normalized spacial score (nSPS) is 10.4. The third-order valence-corrected chi connectivity index (χ3v) is 2.94. The zero-order valence-electron chi connectivity index (χ0n) is 12.9. The van der Waals surface area contributed by atoms with Gasteiger partial charge in [-0.05, 0) is 18.2 Å². The number of ether oxygens (including phenoxy) is 2. The van der Waals surface area contributed by atoms with Crippen molar-refractivity contribution in [1.82, 2.24) is 0 Å². The molecule has 0 bridgehead atoms. The molecule has 0 radical (unpaired) electrons. The first-order chi connectivity index (χ1) is 11.5. The highest BCUT2D eigenvalue weighted by Crippen LogP contribution is 2.32. The summed E-state index contributed by atoms with van der Waals surface area (Å²) < 4.78 is 9.57. The van der Waals surface area contributed by atoms with Crippen molar-refractivity contribution >= 4 is 28.8 Å². The Balaban J connectivity index is 2.23. The molecule has 0 atom stereocenters. The van der Waals surface area contributed by atoms with E-state index in [2.05, 4.69) is 20.3 Å². The number of nitrogens with zero attached hydrogens (tertiary/aromatic N) is 3. The van der Waals surface area contributed by atoms with Crippen LogP contribution in [0.2, 0.25) is 0 Å². The van der Waals surface area contributed by atoms with Crippen molar-refractivity contribution in [2.45, 2.75) is 0 Å². The number of amides is 1. The third-order valence-electron chi connectivity index (χ3n) is 2.94. The molecule has 9 nitrogen and oxygen atoms in total. The van der Waals surface area contributed by atoms with Crippen LogP contribution in [0.3, 0.4) is 0 Å². The number of nitro benzene ring substituents is 1. The molecule has 0 saturated carbocycles. The summed E-state index contributed by atoms with van der Waals surface area (Å²) in [5.41, 5.74) is 1.50. The number of rotatable bonds is 5. The second-order valence-electron chi connectivity index (χ2n) is 4.49. The van der Waals surface area contributed by atoms with E-state index in [0.717, 1.165) is 0 Å². The van der Waals surface area contributed by atoms with Gasteiger partial charge in [0.05, 0.1) is 19.1 Å². The number of benzene rings is 2. The van der Waals surface area contributed by atoms with E-state index in [1.54, 1.807) is 30.3 Å². The third kappa shape index (κ3) is 4.26. The van der Waals surface area contributed by atoms with Crippen molar-refractivity contribution in [3.8, 4) is 5.75 Å². The molecule has 2 aromatic rings. The Morgan fingerprint density at radius 2 is 1.92 bits per heavy atom. The number of carbonyl (C=O) groups excluding carboxylic acids is 1. The van der Waals surface area contributed by atoms with Crippen molar-refractivity contribution in [3.63, 3.8) is 0 Å². The Bertz CT molecular complexity index is 791. The molecule has 1 amide bonds. The lowest BCUT2D eigenvalue weighted by Crippen LogP contribution is -1.94. The van der Waals surface area contributed by atoms with Crippen molar-refractivity contribution in [1.29, 1.82) is 0 Å². The molecule has 24 heavy (non-hydrogen) atoms. The summed E-state index contributed by atoms with van der Waals surface area (Å²) in [7, 11) is 2.65. The Morgan fingerprint density at radius 3 is 2.58 bits per heavy atom. The molecule has 0 heterocycles. The predicted molar refractivity (Wildman–Crippen MR) is 86.3 cm³/mol. The van der Waals surface area contributed by atoms with Crippen LogP contribution in [-0.2, 0) is 4.74 Å². The summed E-state index contributed by atoms with van der Waals surface area (Å²) in [5, 5.41) is 20.9. The lowest BCUT2D eigenvalue weighted by molar-refractivity contribution is -0.384. The van der Waals surface area contributed by atoms with Crippen LogP contribution in [0.1, 0.15) is 0 Å². The van der Waals surface area contributed by atoms with Crippen molar-refractivity contribution in [2.75, 3.05) is 19.5 Å². The second-order valence-corrected chi connectivity index (χ2v) is 4.49. The highest BCUT2D eigenvalue weighted by molar-refractivity contribution is 5.70. The Labute approximate surface area is 137 Å². The average Bonchev–Trinajstić information content (AvgIpc) is 2.60. The van der Waals surface area contributed by atoms with E-state index in [9.17, 15) is 14.9 Å². The summed E-state index contributed by atoms with van der Waals surface area (Å²) in [6, 6.07) is 11.0. The van der Waals surface area contributed by atoms with Crippen molar-refractivity contribution in [2.24, 2.45) is 10.2 Å². The number of hydrogen-bond acceptors (Lipinski definition) is 7. The number of nitrogens with one attached hydrogen (secondary N) is 1. The molecule has 2 aromatic carbocycles. The largest absolute Gasteiger partial charge is 0.494 e. The fraction of sp³-hybridized carbons (Fsp3) is 0.133. The summed E-state index contributed by atoms with van der Waals surface area (Å²) in [4.78, 5) is 21.3. The minimum Gasteiger partial charge on any atom is -0.494 e. The fourth-order valence-corrected chi connectivity index (χ4v) is 1.84. The van der Waals surface area contributed by atoms with E-state index in [-0.39, 0.29) is 5.69 Å². The number of azo groups is 1. The molecular formula is C15H14N4O5. The molecule has 0 unspecified atom stereocenters. The molecule has 0 aromatic heterocycles. The second kappa shape index (κ2) is 7.68. The van der Waals surface area contributed by atoms with Gasteiger partial charge in [-0.2, -0.15) is 0 Å². The van der Waals surface area contributed by atoms with Crippen molar-refractivity contribution < 1.29 is 19.2 Å². The molecule has 0 saturated heterocycles. The number of nitro groups is 1. The van der Waals surface area contributed by atoms with E-state index in [0.29, 0.717) is 22.8 Å². The number of hydrogen-bond donors (Lipinski definition) is 1. The molecule has 9 heteroatoms. The highest BCUT2D eigenvalue weighted by Gasteiger charge is 2.08. The lowest BCUT2D eigenvalue weighted by Gasteiger charge is -2.09. The van der Waals surface area contributed by atoms with Gasteiger partial charge in [0.15, 0.2) is 0 Å². The number of non-ortho nitro benzene ring substituents is 1. The van der Waals surface area contributed by atoms with E-state index in [4.69, 9.17) is 4.74 Å². The maximum absolute atomic E-state index is 11.0. The highest BCUT2D eigenvalue weighted by atomic mass is 16.6. The first kappa shape index (κ1) is 16.9. The fourth-order valence-electron chi connectivity index (χ4n) is 1.84. The van der Waals surface area contributed by atoms with Gasteiger partial charge in [0.2, 0.25) is 0 Å². The van der Waals surface area contributed by atoms with Gasteiger partial charge in [0.25, 0.3) is 5.69 Å². The van der Waals surface area contributed by atoms with Crippen LogP contribution in [-0.4, -0.2) is 25.2 Å². The summed E-state index contributed by atoms with van der Waals surface area (Å²) in [5.74, 6) is 0.373. The number of anilines is 2. The smallest absolute Gasteiger partial charge is 0.452 e. The van der Waals surface area contributed by atoms with Gasteiger partial charge in [-0.25, -0.2) is 4.79 Å². The van der Waals surface area contributed by atoms with Gasteiger partial charge in [-0.1, -0.05) is 11.2 Å². The SMILES string of the molecule is COC(=O)N=Nc1ccc(Nc2cccc([N+](=O)[O-])c2)cc1OC. The van der Waals surface area contributed by atoms with Crippen LogP contribution in [0, 0.1) is 10.1 Å². The standard InChI is InChI=1S/C15H14N4O5/c1-23-14-9-11(6-7-13(14)17-18-15(20)24-2)16-10-4-3-5-12(8-10)19(21)22/h3-9,16H,1-2H3. The Morgan fingerprint density at radius 1 is 1.17 bits per heavy atom. The van der Waals surface area contributed by atoms with Crippen LogP contribution in [0.4, 0.5) is 27.5 Å². The predicted octanol–water partition coefficient (Wildman–Crippen LogP) is 4.20. The first-order valence-corrected chi connectivity index (χ1v) is 6.72. The van der Waals surface area contributed by atoms with Gasteiger partial charge >= 0.3 is 6.09 Å². The quantitative estimate of drug-likeness (QED) is 0.499. The van der Waals surface area contributed by atoms with Crippen LogP contribution >= 0.6 is 0 Å².